The summed E-state index contributed by atoms with van der Waals surface area (Å²) in [5.74, 6) is 1.68. The van der Waals surface area contributed by atoms with Gasteiger partial charge in [-0.1, -0.05) is 27.5 Å². The van der Waals surface area contributed by atoms with E-state index in [1.54, 1.807) is 6.07 Å². The summed E-state index contributed by atoms with van der Waals surface area (Å²) in [5.41, 5.74) is 2.35. The third kappa shape index (κ3) is 2.82. The number of hydrogen-bond acceptors (Lipinski definition) is 4. The first kappa shape index (κ1) is 12.7. The smallest absolute Gasteiger partial charge is 0.134 e. The van der Waals surface area contributed by atoms with Gasteiger partial charge in [-0.15, -0.1) is 0 Å². The molecule has 1 aromatic heterocycles. The van der Waals surface area contributed by atoms with E-state index in [1.165, 1.54) is 11.9 Å². The first-order chi connectivity index (χ1) is 9.22. The van der Waals surface area contributed by atoms with Gasteiger partial charge in [-0.2, -0.15) is 0 Å². The molecule has 0 saturated carbocycles. The molecule has 0 fully saturated rings. The summed E-state index contributed by atoms with van der Waals surface area (Å²) < 4.78 is 6.74. The molecule has 2 heterocycles. The summed E-state index contributed by atoms with van der Waals surface area (Å²) in [7, 11) is 0. The van der Waals surface area contributed by atoms with Crippen molar-refractivity contribution < 1.29 is 4.74 Å². The Morgan fingerprint density at radius 1 is 1.32 bits per heavy atom. The molecule has 0 aliphatic carbocycles. The Kier molecular flexibility index (Phi) is 3.57. The van der Waals surface area contributed by atoms with Crippen LogP contribution in [0, 0.1) is 0 Å². The van der Waals surface area contributed by atoms with Crippen molar-refractivity contribution in [3.05, 3.63) is 45.3 Å². The average Bonchev–Trinajstić information content (AvgIpc) is 2.84. The zero-order chi connectivity index (χ0) is 13.2. The number of nitrogens with one attached hydrogen (secondary N) is 1. The molecule has 1 aromatic carbocycles. The van der Waals surface area contributed by atoms with Crippen LogP contribution in [0.25, 0.3) is 0 Å². The fourth-order valence-electron chi connectivity index (χ4n) is 2.09. The fourth-order valence-corrected chi connectivity index (χ4v) is 2.79. The monoisotopic (exact) mass is 339 g/mol. The number of hydrogen-bond donors (Lipinski definition) is 1. The number of anilines is 1. The van der Waals surface area contributed by atoms with E-state index < -0.39 is 0 Å². The van der Waals surface area contributed by atoms with Gasteiger partial charge >= 0.3 is 0 Å². The quantitative estimate of drug-likeness (QED) is 0.870. The van der Waals surface area contributed by atoms with E-state index in [2.05, 4.69) is 43.3 Å². The lowest BCUT2D eigenvalue weighted by molar-refractivity contribution is 0.354. The van der Waals surface area contributed by atoms with Crippen molar-refractivity contribution in [2.45, 2.75) is 13.0 Å². The van der Waals surface area contributed by atoms with Crippen LogP contribution in [0.3, 0.4) is 0 Å². The van der Waals surface area contributed by atoms with Crippen LogP contribution in [0.15, 0.2) is 29.0 Å². The summed E-state index contributed by atoms with van der Waals surface area (Å²) in [6.07, 6.45) is 2.40. The highest BCUT2D eigenvalue weighted by molar-refractivity contribution is 9.10. The average molecular weight is 341 g/mol. The van der Waals surface area contributed by atoms with Crippen LogP contribution in [-0.4, -0.2) is 16.6 Å². The normalized spacial score (nSPS) is 12.9. The molecule has 0 saturated heterocycles. The van der Waals surface area contributed by atoms with Crippen LogP contribution in [0.2, 0.25) is 5.15 Å². The van der Waals surface area contributed by atoms with Crippen LogP contribution in [0.1, 0.15) is 11.1 Å². The van der Waals surface area contributed by atoms with Gasteiger partial charge in [-0.25, -0.2) is 9.97 Å². The molecule has 98 valence electrons. The number of rotatable bonds is 3. The Morgan fingerprint density at radius 2 is 2.21 bits per heavy atom. The number of ether oxygens (including phenoxy) is 1. The molecule has 3 rings (SSSR count). The molecule has 0 unspecified atom stereocenters. The molecular weight excluding hydrogens is 330 g/mol. The van der Waals surface area contributed by atoms with E-state index in [0.29, 0.717) is 17.5 Å². The van der Waals surface area contributed by atoms with Gasteiger partial charge in [0, 0.05) is 29.1 Å². The van der Waals surface area contributed by atoms with E-state index >= 15 is 0 Å². The third-order valence-corrected chi connectivity index (χ3v) is 3.58. The van der Waals surface area contributed by atoms with E-state index in [0.717, 1.165) is 28.8 Å². The number of benzene rings is 1. The molecule has 0 atom stereocenters. The third-order valence-electron chi connectivity index (χ3n) is 2.92. The molecule has 19 heavy (non-hydrogen) atoms. The van der Waals surface area contributed by atoms with Gasteiger partial charge in [0.15, 0.2) is 0 Å². The van der Waals surface area contributed by atoms with Gasteiger partial charge in [-0.3, -0.25) is 0 Å². The second-order valence-electron chi connectivity index (χ2n) is 4.23. The molecule has 1 aliphatic heterocycles. The number of aromatic nitrogens is 2. The SMILES string of the molecule is Clc1cc(NCc2cc(Br)cc3c2OCC3)ncn1. The van der Waals surface area contributed by atoms with Crippen molar-refractivity contribution in [2.75, 3.05) is 11.9 Å². The fraction of sp³-hybridized carbons (Fsp3) is 0.231. The highest BCUT2D eigenvalue weighted by Gasteiger charge is 2.17. The molecule has 1 aliphatic rings. The molecular formula is C13H11BrClN3O. The van der Waals surface area contributed by atoms with Gasteiger partial charge in [0.25, 0.3) is 0 Å². The highest BCUT2D eigenvalue weighted by Crippen LogP contribution is 2.33. The zero-order valence-electron chi connectivity index (χ0n) is 9.99. The number of halogens is 2. The number of fused-ring (bicyclic) bond motifs is 1. The maximum atomic E-state index is 5.82. The van der Waals surface area contributed by atoms with Crippen LogP contribution >= 0.6 is 27.5 Å². The molecule has 2 aromatic rings. The first-order valence-electron chi connectivity index (χ1n) is 5.88. The lowest BCUT2D eigenvalue weighted by Gasteiger charge is -2.10. The molecule has 0 radical (unpaired) electrons. The van der Waals surface area contributed by atoms with Crippen molar-refractivity contribution in [3.8, 4) is 5.75 Å². The van der Waals surface area contributed by atoms with Crippen LogP contribution in [0.5, 0.6) is 5.75 Å². The standard InChI is InChI=1S/C13H11BrClN3O/c14-10-3-8-1-2-19-13(8)9(4-10)6-16-12-5-11(15)17-7-18-12/h3-5,7H,1-2,6H2,(H,16,17,18). The maximum Gasteiger partial charge on any atom is 0.134 e. The predicted octanol–water partition coefficient (Wildman–Crippen LogP) is 3.44. The molecule has 0 amide bonds. The van der Waals surface area contributed by atoms with Crippen LogP contribution in [0.4, 0.5) is 5.82 Å². The van der Waals surface area contributed by atoms with Crippen LogP contribution in [-0.2, 0) is 13.0 Å². The molecule has 4 nitrogen and oxygen atoms in total. The molecule has 1 N–H and O–H groups in total. The van der Waals surface area contributed by atoms with Crippen molar-refractivity contribution in [1.29, 1.82) is 0 Å². The zero-order valence-corrected chi connectivity index (χ0v) is 12.3. The molecule has 0 spiro atoms. The van der Waals surface area contributed by atoms with Gasteiger partial charge < -0.3 is 10.1 Å². The number of nitrogens with zero attached hydrogens (tertiary/aromatic N) is 2. The summed E-state index contributed by atoms with van der Waals surface area (Å²) in [6.45, 7) is 1.38. The molecule has 0 bridgehead atoms. The van der Waals surface area contributed by atoms with Crippen molar-refractivity contribution in [3.63, 3.8) is 0 Å². The Morgan fingerprint density at radius 3 is 3.05 bits per heavy atom. The predicted molar refractivity (Wildman–Crippen MR) is 77.7 cm³/mol. The lowest BCUT2D eigenvalue weighted by Crippen LogP contribution is -2.03. The Bertz CT molecular complexity index is 621. The Labute approximate surface area is 124 Å². The van der Waals surface area contributed by atoms with E-state index in [1.807, 2.05) is 0 Å². The van der Waals surface area contributed by atoms with Crippen molar-refractivity contribution >= 4 is 33.3 Å². The summed E-state index contributed by atoms with van der Waals surface area (Å²) >= 11 is 9.35. The van der Waals surface area contributed by atoms with Crippen molar-refractivity contribution in [1.82, 2.24) is 9.97 Å². The van der Waals surface area contributed by atoms with Gasteiger partial charge in [-0.05, 0) is 17.7 Å². The van der Waals surface area contributed by atoms with Gasteiger partial charge in [0.1, 0.15) is 23.0 Å². The van der Waals surface area contributed by atoms with Crippen LogP contribution < -0.4 is 10.1 Å². The van der Waals surface area contributed by atoms with Gasteiger partial charge in [0.2, 0.25) is 0 Å². The largest absolute Gasteiger partial charge is 0.493 e. The van der Waals surface area contributed by atoms with Gasteiger partial charge in [0.05, 0.1) is 6.61 Å². The highest BCUT2D eigenvalue weighted by atomic mass is 79.9. The minimum atomic E-state index is 0.424. The van der Waals surface area contributed by atoms with E-state index in [4.69, 9.17) is 16.3 Å². The second-order valence-corrected chi connectivity index (χ2v) is 5.53. The van der Waals surface area contributed by atoms with Crippen molar-refractivity contribution in [2.24, 2.45) is 0 Å². The lowest BCUT2D eigenvalue weighted by atomic mass is 10.1. The van der Waals surface area contributed by atoms with E-state index in [9.17, 15) is 0 Å². The van der Waals surface area contributed by atoms with E-state index in [-0.39, 0.29) is 0 Å². The minimum absolute atomic E-state index is 0.424. The summed E-state index contributed by atoms with van der Waals surface area (Å²) in [5, 5.41) is 3.65. The second kappa shape index (κ2) is 5.35. The molecule has 6 heteroatoms. The maximum absolute atomic E-state index is 5.82. The summed E-state index contributed by atoms with van der Waals surface area (Å²) in [4.78, 5) is 7.96. The summed E-state index contributed by atoms with van der Waals surface area (Å²) in [6, 6.07) is 5.86. The Hall–Kier alpha value is -1.33. The first-order valence-corrected chi connectivity index (χ1v) is 7.05. The topological polar surface area (TPSA) is 47.0 Å². The minimum Gasteiger partial charge on any atom is -0.493 e. The Balaban J connectivity index is 1.81.